The van der Waals surface area contributed by atoms with E-state index in [1.165, 1.54) is 37.4 Å². The predicted molar refractivity (Wildman–Crippen MR) is 84.9 cm³/mol. The molecule has 2 aromatic carbocycles. The maximum Gasteiger partial charge on any atom is 0.271 e. The third-order valence-corrected chi connectivity index (χ3v) is 3.56. The van der Waals surface area contributed by atoms with Gasteiger partial charge in [-0.3, -0.25) is 14.9 Å². The number of carbonyl (C=O) groups excluding carboxylic acids is 1. The molecule has 1 heterocycles. The van der Waals surface area contributed by atoms with E-state index < -0.39 is 22.7 Å². The SMILES string of the molecule is COc1ccc([N+](=O)[O-])cc1NC(=O)c1ccc2c(O)oc([O-])c2c1. The molecule has 0 aliphatic carbocycles. The number of hydrogen-bond acceptors (Lipinski definition) is 7. The number of hydrogen-bond donors (Lipinski definition) is 2. The Morgan fingerprint density at radius 2 is 2.00 bits per heavy atom. The van der Waals surface area contributed by atoms with Crippen molar-refractivity contribution >= 4 is 28.1 Å². The minimum absolute atomic E-state index is 0.0520. The Balaban J connectivity index is 1.96. The largest absolute Gasteiger partial charge is 0.552 e. The maximum atomic E-state index is 12.4. The van der Waals surface area contributed by atoms with Crippen LogP contribution in [0.1, 0.15) is 10.4 Å². The molecule has 1 aromatic heterocycles. The lowest BCUT2D eigenvalue weighted by Crippen LogP contribution is -2.12. The Kier molecular flexibility index (Phi) is 3.89. The molecule has 9 heteroatoms. The molecule has 3 aromatic rings. The van der Waals surface area contributed by atoms with Gasteiger partial charge in [-0.25, -0.2) is 0 Å². The number of anilines is 1. The van der Waals surface area contributed by atoms with E-state index in [9.17, 15) is 25.1 Å². The molecule has 0 saturated heterocycles. The van der Waals surface area contributed by atoms with Crippen LogP contribution in [0.15, 0.2) is 40.8 Å². The molecule has 0 fully saturated rings. The van der Waals surface area contributed by atoms with Crippen molar-refractivity contribution in [2.24, 2.45) is 0 Å². The average Bonchev–Trinajstić information content (AvgIpc) is 2.88. The summed E-state index contributed by atoms with van der Waals surface area (Å²) in [6, 6.07) is 7.79. The molecule has 0 bridgehead atoms. The van der Waals surface area contributed by atoms with Gasteiger partial charge in [0.15, 0.2) is 5.95 Å². The van der Waals surface area contributed by atoms with Crippen LogP contribution in [0.4, 0.5) is 11.4 Å². The van der Waals surface area contributed by atoms with Gasteiger partial charge in [-0.05, 0) is 24.3 Å². The van der Waals surface area contributed by atoms with Crippen LogP contribution >= 0.6 is 0 Å². The van der Waals surface area contributed by atoms with E-state index in [1.54, 1.807) is 0 Å². The molecule has 1 amide bonds. The number of ether oxygens (including phenoxy) is 1. The lowest BCUT2D eigenvalue weighted by molar-refractivity contribution is -0.384. The fourth-order valence-corrected chi connectivity index (χ4v) is 2.34. The third-order valence-electron chi connectivity index (χ3n) is 3.56. The van der Waals surface area contributed by atoms with Crippen molar-refractivity contribution in [2.75, 3.05) is 12.4 Å². The summed E-state index contributed by atoms with van der Waals surface area (Å²) in [6.45, 7) is 0. The van der Waals surface area contributed by atoms with Crippen molar-refractivity contribution in [3.8, 4) is 17.6 Å². The predicted octanol–water partition coefficient (Wildman–Crippen LogP) is 2.38. The Morgan fingerprint density at radius 3 is 2.68 bits per heavy atom. The summed E-state index contributed by atoms with van der Waals surface area (Å²) in [4.78, 5) is 22.7. The van der Waals surface area contributed by atoms with Crippen LogP contribution in [0.2, 0.25) is 0 Å². The van der Waals surface area contributed by atoms with E-state index in [4.69, 9.17) is 4.74 Å². The number of methoxy groups -OCH3 is 1. The topological polar surface area (TPSA) is 138 Å². The molecule has 9 nitrogen and oxygen atoms in total. The maximum absolute atomic E-state index is 12.4. The van der Waals surface area contributed by atoms with E-state index in [1.807, 2.05) is 0 Å². The van der Waals surface area contributed by atoms with Crippen LogP contribution in [-0.2, 0) is 0 Å². The number of nitrogens with zero attached hydrogens (tertiary/aromatic N) is 1. The van der Waals surface area contributed by atoms with Crippen molar-refractivity contribution < 1.29 is 29.1 Å². The van der Waals surface area contributed by atoms with Crippen LogP contribution < -0.4 is 15.2 Å². The summed E-state index contributed by atoms with van der Waals surface area (Å²) in [6.07, 6.45) is 0. The number of carbonyl (C=O) groups is 1. The Hall–Kier alpha value is -3.75. The van der Waals surface area contributed by atoms with Crippen LogP contribution in [0.5, 0.6) is 17.6 Å². The van der Waals surface area contributed by atoms with Gasteiger partial charge in [0, 0.05) is 28.5 Å². The van der Waals surface area contributed by atoms with Crippen molar-refractivity contribution in [3.63, 3.8) is 0 Å². The van der Waals surface area contributed by atoms with Crippen LogP contribution in [0, 0.1) is 10.1 Å². The summed E-state index contributed by atoms with van der Waals surface area (Å²) in [7, 11) is 1.36. The number of fused-ring (bicyclic) bond motifs is 1. The molecule has 0 aliphatic heterocycles. The van der Waals surface area contributed by atoms with Crippen molar-refractivity contribution in [2.45, 2.75) is 0 Å². The summed E-state index contributed by atoms with van der Waals surface area (Å²) >= 11 is 0. The summed E-state index contributed by atoms with van der Waals surface area (Å²) in [5.41, 5.74) is 0.00583. The fourth-order valence-electron chi connectivity index (χ4n) is 2.34. The Labute approximate surface area is 140 Å². The van der Waals surface area contributed by atoms with Crippen molar-refractivity contribution in [1.29, 1.82) is 0 Å². The lowest BCUT2D eigenvalue weighted by Gasteiger charge is -2.10. The molecule has 0 saturated carbocycles. The molecule has 128 valence electrons. The van der Waals surface area contributed by atoms with E-state index >= 15 is 0 Å². The number of amides is 1. The van der Waals surface area contributed by atoms with Gasteiger partial charge in [-0.2, -0.15) is 0 Å². The first-order valence-electron chi connectivity index (χ1n) is 6.97. The molecule has 0 atom stereocenters. The van der Waals surface area contributed by atoms with Gasteiger partial charge in [0.25, 0.3) is 11.6 Å². The summed E-state index contributed by atoms with van der Waals surface area (Å²) < 4.78 is 9.64. The standard InChI is InChI=1S/C16H12N2O7/c1-24-13-5-3-9(18(22)23)7-12(13)17-14(19)8-2-4-10-11(6-8)16(21)25-15(10)20/h2-7,20-21H,1H3,(H,17,19)/p-1. The second kappa shape index (κ2) is 6.04. The molecule has 2 N–H and O–H groups in total. The molecule has 0 unspecified atom stereocenters. The fraction of sp³-hybridized carbons (Fsp3) is 0.0625. The monoisotopic (exact) mass is 343 g/mol. The highest BCUT2D eigenvalue weighted by molar-refractivity contribution is 6.08. The number of nitrogens with one attached hydrogen (secondary N) is 1. The first-order chi connectivity index (χ1) is 11.9. The van der Waals surface area contributed by atoms with E-state index in [-0.39, 0.29) is 33.5 Å². The smallest absolute Gasteiger partial charge is 0.271 e. The lowest BCUT2D eigenvalue weighted by atomic mass is 10.1. The number of furan rings is 1. The van der Waals surface area contributed by atoms with Crippen LogP contribution in [-0.4, -0.2) is 23.0 Å². The highest BCUT2D eigenvalue weighted by atomic mass is 16.6. The number of nitro groups is 1. The third kappa shape index (κ3) is 2.90. The highest BCUT2D eigenvalue weighted by Crippen LogP contribution is 2.35. The highest BCUT2D eigenvalue weighted by Gasteiger charge is 2.15. The molecule has 0 radical (unpaired) electrons. The number of nitro benzene ring substituents is 1. The van der Waals surface area contributed by atoms with Gasteiger partial charge in [0.1, 0.15) is 5.75 Å². The zero-order chi connectivity index (χ0) is 18.1. The van der Waals surface area contributed by atoms with Gasteiger partial charge >= 0.3 is 0 Å². The van der Waals surface area contributed by atoms with Gasteiger partial charge in [-0.15, -0.1) is 0 Å². The van der Waals surface area contributed by atoms with Crippen molar-refractivity contribution in [1.82, 2.24) is 0 Å². The minimum atomic E-state index is -0.768. The molecule has 25 heavy (non-hydrogen) atoms. The summed E-state index contributed by atoms with van der Waals surface area (Å²) in [5, 5.41) is 34.7. The molecular formula is C16H11N2O7-. The van der Waals surface area contributed by atoms with Gasteiger partial charge in [-0.1, -0.05) is 0 Å². The van der Waals surface area contributed by atoms with Crippen LogP contribution in [0.3, 0.4) is 0 Å². The zero-order valence-corrected chi connectivity index (χ0v) is 12.8. The number of benzene rings is 2. The summed E-state index contributed by atoms with van der Waals surface area (Å²) in [5.74, 6) is -1.66. The van der Waals surface area contributed by atoms with Gasteiger partial charge in [0.05, 0.1) is 23.7 Å². The number of rotatable bonds is 4. The Morgan fingerprint density at radius 1 is 1.24 bits per heavy atom. The molecule has 3 rings (SSSR count). The molecule has 0 aliphatic rings. The number of non-ortho nitro benzene ring substituents is 1. The average molecular weight is 343 g/mol. The van der Waals surface area contributed by atoms with E-state index in [0.717, 1.165) is 6.07 Å². The Bertz CT molecular complexity index is 994. The van der Waals surface area contributed by atoms with Crippen molar-refractivity contribution in [3.05, 3.63) is 52.1 Å². The van der Waals surface area contributed by atoms with Gasteiger partial charge in [0.2, 0.25) is 0 Å². The normalized spacial score (nSPS) is 10.6. The number of aromatic hydroxyl groups is 1. The van der Waals surface area contributed by atoms with E-state index in [0.29, 0.717) is 0 Å². The first-order valence-corrected chi connectivity index (χ1v) is 6.97. The quantitative estimate of drug-likeness (QED) is 0.548. The van der Waals surface area contributed by atoms with Gasteiger partial charge < -0.3 is 24.7 Å². The zero-order valence-electron chi connectivity index (χ0n) is 12.8. The second-order valence-electron chi connectivity index (χ2n) is 5.05. The van der Waals surface area contributed by atoms with Crippen LogP contribution in [0.25, 0.3) is 10.8 Å². The molecule has 0 spiro atoms. The first kappa shape index (κ1) is 16.1. The molecular weight excluding hydrogens is 332 g/mol. The minimum Gasteiger partial charge on any atom is -0.552 e. The van der Waals surface area contributed by atoms with E-state index in [2.05, 4.69) is 9.73 Å². The second-order valence-corrected chi connectivity index (χ2v) is 5.05.